The van der Waals surface area contributed by atoms with E-state index < -0.39 is 0 Å². The fourth-order valence-corrected chi connectivity index (χ4v) is 2.96. The van der Waals surface area contributed by atoms with Crippen molar-refractivity contribution in [3.05, 3.63) is 70.8 Å². The molecular weight excluding hydrogens is 242 g/mol. The van der Waals surface area contributed by atoms with Gasteiger partial charge in [0.1, 0.15) is 0 Å². The average Bonchev–Trinajstić information content (AvgIpc) is 2.44. The molecule has 0 aromatic heterocycles. The number of hydrogen-bond acceptors (Lipinski definition) is 1. The molecule has 1 heteroatoms. The van der Waals surface area contributed by atoms with Gasteiger partial charge in [-0.15, -0.1) is 0 Å². The predicted molar refractivity (Wildman–Crippen MR) is 85.1 cm³/mol. The SMILES string of the molecule is CC(C)c1ccc(CNCC2Cc3ccccc32)cc1. The Morgan fingerprint density at radius 1 is 1.05 bits per heavy atom. The summed E-state index contributed by atoms with van der Waals surface area (Å²) in [6.07, 6.45) is 1.23. The van der Waals surface area contributed by atoms with Gasteiger partial charge in [0.2, 0.25) is 0 Å². The molecule has 104 valence electrons. The van der Waals surface area contributed by atoms with E-state index in [2.05, 4.69) is 67.7 Å². The monoisotopic (exact) mass is 265 g/mol. The van der Waals surface area contributed by atoms with Gasteiger partial charge in [0.25, 0.3) is 0 Å². The summed E-state index contributed by atoms with van der Waals surface area (Å²) < 4.78 is 0. The number of hydrogen-bond donors (Lipinski definition) is 1. The fourth-order valence-electron chi connectivity index (χ4n) is 2.96. The highest BCUT2D eigenvalue weighted by Gasteiger charge is 2.24. The van der Waals surface area contributed by atoms with Crippen molar-refractivity contribution in [2.24, 2.45) is 0 Å². The van der Waals surface area contributed by atoms with E-state index in [1.165, 1.54) is 28.7 Å². The van der Waals surface area contributed by atoms with Gasteiger partial charge >= 0.3 is 0 Å². The van der Waals surface area contributed by atoms with Gasteiger partial charge in [0.15, 0.2) is 0 Å². The molecule has 0 saturated heterocycles. The Kier molecular flexibility index (Phi) is 3.88. The largest absolute Gasteiger partial charge is 0.312 e. The van der Waals surface area contributed by atoms with E-state index in [1.807, 2.05) is 0 Å². The maximum absolute atomic E-state index is 3.59. The van der Waals surface area contributed by atoms with Crippen LogP contribution in [0.25, 0.3) is 0 Å². The lowest BCUT2D eigenvalue weighted by Crippen LogP contribution is -2.28. The Bertz CT molecular complexity index is 569. The first-order valence-corrected chi connectivity index (χ1v) is 7.61. The van der Waals surface area contributed by atoms with Crippen molar-refractivity contribution in [3.63, 3.8) is 0 Å². The van der Waals surface area contributed by atoms with Crippen LogP contribution in [0.5, 0.6) is 0 Å². The second-order valence-electron chi connectivity index (χ2n) is 6.13. The third kappa shape index (κ3) is 2.78. The van der Waals surface area contributed by atoms with Gasteiger partial charge in [-0.2, -0.15) is 0 Å². The lowest BCUT2D eigenvalue weighted by Gasteiger charge is -2.30. The van der Waals surface area contributed by atoms with E-state index in [9.17, 15) is 0 Å². The van der Waals surface area contributed by atoms with Crippen molar-refractivity contribution in [2.75, 3.05) is 6.54 Å². The van der Waals surface area contributed by atoms with Crippen molar-refractivity contribution < 1.29 is 0 Å². The second-order valence-corrected chi connectivity index (χ2v) is 6.13. The highest BCUT2D eigenvalue weighted by atomic mass is 14.9. The van der Waals surface area contributed by atoms with Gasteiger partial charge in [-0.05, 0) is 34.6 Å². The van der Waals surface area contributed by atoms with Crippen molar-refractivity contribution in [2.45, 2.75) is 38.6 Å². The zero-order chi connectivity index (χ0) is 13.9. The van der Waals surface area contributed by atoms with Crippen LogP contribution in [0.3, 0.4) is 0 Å². The molecule has 0 aliphatic heterocycles. The first-order chi connectivity index (χ1) is 9.74. The van der Waals surface area contributed by atoms with Gasteiger partial charge in [0.05, 0.1) is 0 Å². The van der Waals surface area contributed by atoms with Crippen molar-refractivity contribution in [3.8, 4) is 0 Å². The molecule has 0 bridgehead atoms. The van der Waals surface area contributed by atoms with E-state index in [1.54, 1.807) is 0 Å². The van der Waals surface area contributed by atoms with Crippen molar-refractivity contribution >= 4 is 0 Å². The molecular formula is C19H23N. The maximum Gasteiger partial charge on any atom is 0.0205 e. The molecule has 0 fully saturated rings. The fraction of sp³-hybridized carbons (Fsp3) is 0.368. The molecule has 1 aliphatic rings. The van der Waals surface area contributed by atoms with Crippen LogP contribution in [-0.2, 0) is 13.0 Å². The van der Waals surface area contributed by atoms with Crippen LogP contribution in [-0.4, -0.2) is 6.54 Å². The summed E-state index contributed by atoms with van der Waals surface area (Å²) in [5.41, 5.74) is 5.86. The number of rotatable bonds is 5. The van der Waals surface area contributed by atoms with Crippen LogP contribution in [0.4, 0.5) is 0 Å². The summed E-state index contributed by atoms with van der Waals surface area (Å²) >= 11 is 0. The second kappa shape index (κ2) is 5.80. The molecule has 2 aromatic carbocycles. The Morgan fingerprint density at radius 2 is 1.80 bits per heavy atom. The Morgan fingerprint density at radius 3 is 2.50 bits per heavy atom. The lowest BCUT2D eigenvalue weighted by molar-refractivity contribution is 0.535. The minimum absolute atomic E-state index is 0.614. The van der Waals surface area contributed by atoms with E-state index >= 15 is 0 Å². The summed E-state index contributed by atoms with van der Waals surface area (Å²) in [6.45, 7) is 6.53. The smallest absolute Gasteiger partial charge is 0.0205 e. The quantitative estimate of drug-likeness (QED) is 0.852. The van der Waals surface area contributed by atoms with Gasteiger partial charge in [-0.1, -0.05) is 62.4 Å². The summed E-state index contributed by atoms with van der Waals surface area (Å²) in [5, 5.41) is 3.59. The van der Waals surface area contributed by atoms with Gasteiger partial charge in [-0.25, -0.2) is 0 Å². The molecule has 1 unspecified atom stereocenters. The summed E-state index contributed by atoms with van der Waals surface area (Å²) in [7, 11) is 0. The number of fused-ring (bicyclic) bond motifs is 1. The third-order valence-corrected chi connectivity index (χ3v) is 4.33. The standard InChI is InChI=1S/C19H23N/c1-14(2)16-9-7-15(8-10-16)12-20-13-18-11-17-5-3-4-6-19(17)18/h3-10,14,18,20H,11-13H2,1-2H3. The van der Waals surface area contributed by atoms with Crippen LogP contribution in [0.1, 0.15) is 47.9 Å². The molecule has 2 aromatic rings. The molecule has 0 saturated carbocycles. The van der Waals surface area contributed by atoms with Gasteiger partial charge in [0, 0.05) is 19.0 Å². The van der Waals surface area contributed by atoms with Gasteiger partial charge in [-0.3, -0.25) is 0 Å². The van der Waals surface area contributed by atoms with Crippen molar-refractivity contribution in [1.82, 2.24) is 5.32 Å². The minimum Gasteiger partial charge on any atom is -0.312 e. The zero-order valence-corrected chi connectivity index (χ0v) is 12.4. The maximum atomic E-state index is 3.59. The van der Waals surface area contributed by atoms with E-state index in [0.717, 1.165) is 13.1 Å². The molecule has 1 atom stereocenters. The summed E-state index contributed by atoms with van der Waals surface area (Å²) in [6, 6.07) is 17.8. The molecule has 0 spiro atoms. The Hall–Kier alpha value is -1.60. The highest BCUT2D eigenvalue weighted by Crippen LogP contribution is 2.34. The van der Waals surface area contributed by atoms with Crippen LogP contribution < -0.4 is 5.32 Å². The molecule has 0 heterocycles. The molecule has 1 N–H and O–H groups in total. The number of benzene rings is 2. The topological polar surface area (TPSA) is 12.0 Å². The molecule has 1 nitrogen and oxygen atoms in total. The van der Waals surface area contributed by atoms with E-state index in [4.69, 9.17) is 0 Å². The summed E-state index contributed by atoms with van der Waals surface area (Å²) in [4.78, 5) is 0. The Labute approximate surface area is 122 Å². The molecule has 20 heavy (non-hydrogen) atoms. The molecule has 3 rings (SSSR count). The van der Waals surface area contributed by atoms with E-state index in [0.29, 0.717) is 11.8 Å². The normalized spacial score (nSPS) is 16.9. The number of nitrogens with one attached hydrogen (secondary N) is 1. The third-order valence-electron chi connectivity index (χ3n) is 4.33. The first-order valence-electron chi connectivity index (χ1n) is 7.61. The van der Waals surface area contributed by atoms with Crippen LogP contribution >= 0.6 is 0 Å². The summed E-state index contributed by atoms with van der Waals surface area (Å²) in [5.74, 6) is 1.32. The zero-order valence-electron chi connectivity index (χ0n) is 12.4. The molecule has 1 aliphatic carbocycles. The highest BCUT2D eigenvalue weighted by molar-refractivity contribution is 5.40. The van der Waals surface area contributed by atoms with Crippen LogP contribution in [0.2, 0.25) is 0 Å². The Balaban J connectivity index is 1.49. The van der Waals surface area contributed by atoms with Crippen molar-refractivity contribution in [1.29, 1.82) is 0 Å². The predicted octanol–water partition coefficient (Wildman–Crippen LogP) is 4.24. The van der Waals surface area contributed by atoms with E-state index in [-0.39, 0.29) is 0 Å². The molecule has 0 amide bonds. The van der Waals surface area contributed by atoms with Crippen LogP contribution in [0, 0.1) is 0 Å². The lowest BCUT2D eigenvalue weighted by atomic mass is 9.77. The van der Waals surface area contributed by atoms with Crippen LogP contribution in [0.15, 0.2) is 48.5 Å². The first kappa shape index (κ1) is 13.4. The molecule has 0 radical (unpaired) electrons. The minimum atomic E-state index is 0.614. The average molecular weight is 265 g/mol. The van der Waals surface area contributed by atoms with Gasteiger partial charge < -0.3 is 5.32 Å².